The Labute approximate surface area is 201 Å². The number of rotatable bonds is 8. The Balaban J connectivity index is 1.20. The number of nitrogens with zero attached hydrogens (tertiary/aromatic N) is 2. The van der Waals surface area contributed by atoms with E-state index in [0.717, 1.165) is 31.5 Å². The monoisotopic (exact) mass is 453 g/mol. The van der Waals surface area contributed by atoms with Crippen LogP contribution in [0.5, 0.6) is 6.01 Å². The minimum atomic E-state index is 0.00478. The topological polar surface area (TPSA) is 56.3 Å². The summed E-state index contributed by atoms with van der Waals surface area (Å²) in [6.45, 7) is 4.43. The largest absolute Gasteiger partial charge is 0.460 e. The van der Waals surface area contributed by atoms with Crippen LogP contribution in [-0.2, 0) is 17.8 Å². The predicted molar refractivity (Wildman–Crippen MR) is 135 cm³/mol. The number of ether oxygens (including phenoxy) is 2. The van der Waals surface area contributed by atoms with Gasteiger partial charge in [-0.2, -0.15) is 0 Å². The molecular formula is C29H31N3O2. The molecule has 5 nitrogen and oxygen atoms in total. The fraction of sp³-hybridized carbons (Fsp3) is 0.310. The van der Waals surface area contributed by atoms with E-state index in [1.807, 2.05) is 37.5 Å². The lowest BCUT2D eigenvalue weighted by molar-refractivity contribution is 0.0104. The molecule has 1 aliphatic rings. The van der Waals surface area contributed by atoms with Crippen LogP contribution in [0.1, 0.15) is 36.0 Å². The van der Waals surface area contributed by atoms with E-state index in [-0.39, 0.29) is 18.1 Å². The standard InChI is InChI=1S/C29H31N3O2/c1-21(15-22-7-3-2-4-8-22)34-29-31-17-26(18-32-29)27-13-14-30-19-28(27)33-20-23-11-12-24-9-5-6-10-25(24)16-23/h2-12,16-18,21,27-28,30H,13-15,19-20H2,1H3. The molecule has 3 aromatic carbocycles. The van der Waals surface area contributed by atoms with Gasteiger partial charge in [0.2, 0.25) is 0 Å². The molecule has 1 aliphatic heterocycles. The fourth-order valence-corrected chi connectivity index (χ4v) is 4.66. The third kappa shape index (κ3) is 5.61. The lowest BCUT2D eigenvalue weighted by atomic mass is 9.89. The molecule has 0 saturated carbocycles. The van der Waals surface area contributed by atoms with Gasteiger partial charge in [0.05, 0.1) is 12.7 Å². The zero-order valence-corrected chi connectivity index (χ0v) is 19.6. The van der Waals surface area contributed by atoms with Gasteiger partial charge in [-0.3, -0.25) is 0 Å². The molecule has 0 aliphatic carbocycles. The minimum Gasteiger partial charge on any atom is -0.460 e. The highest BCUT2D eigenvalue weighted by atomic mass is 16.5. The van der Waals surface area contributed by atoms with Gasteiger partial charge in [-0.15, -0.1) is 0 Å². The normalized spacial score (nSPS) is 19.1. The molecule has 3 atom stereocenters. The number of aromatic nitrogens is 2. The van der Waals surface area contributed by atoms with Gasteiger partial charge in [-0.25, -0.2) is 9.97 Å². The summed E-state index contributed by atoms with van der Waals surface area (Å²) in [5.74, 6) is 0.262. The molecule has 1 fully saturated rings. The molecule has 5 rings (SSSR count). The summed E-state index contributed by atoms with van der Waals surface area (Å²) >= 11 is 0. The van der Waals surface area contributed by atoms with Gasteiger partial charge in [0, 0.05) is 31.3 Å². The molecule has 3 unspecified atom stereocenters. The Morgan fingerprint density at radius 3 is 2.50 bits per heavy atom. The van der Waals surface area contributed by atoms with Crippen LogP contribution < -0.4 is 10.1 Å². The molecule has 1 N–H and O–H groups in total. The van der Waals surface area contributed by atoms with Gasteiger partial charge in [0.1, 0.15) is 6.10 Å². The van der Waals surface area contributed by atoms with Crippen molar-refractivity contribution in [3.8, 4) is 6.01 Å². The molecule has 4 aromatic rings. The third-order valence-electron chi connectivity index (χ3n) is 6.45. The molecule has 0 radical (unpaired) electrons. The highest BCUT2D eigenvalue weighted by Gasteiger charge is 2.28. The van der Waals surface area contributed by atoms with Crippen molar-refractivity contribution in [3.63, 3.8) is 0 Å². The average Bonchev–Trinajstić information content (AvgIpc) is 2.88. The van der Waals surface area contributed by atoms with Crippen molar-refractivity contribution < 1.29 is 9.47 Å². The summed E-state index contributed by atoms with van der Waals surface area (Å²) in [5.41, 5.74) is 3.54. The van der Waals surface area contributed by atoms with Crippen molar-refractivity contribution in [2.45, 2.75) is 44.5 Å². The predicted octanol–water partition coefficient (Wildman–Crippen LogP) is 5.30. The van der Waals surface area contributed by atoms with Crippen molar-refractivity contribution in [1.29, 1.82) is 0 Å². The summed E-state index contributed by atoms with van der Waals surface area (Å²) < 4.78 is 12.4. The Bertz CT molecular complexity index is 1200. The summed E-state index contributed by atoms with van der Waals surface area (Å²) in [6, 6.07) is 25.7. The second-order valence-electron chi connectivity index (χ2n) is 9.05. The lowest BCUT2D eigenvalue weighted by Crippen LogP contribution is -2.41. The molecule has 0 bridgehead atoms. The number of benzene rings is 3. The summed E-state index contributed by atoms with van der Waals surface area (Å²) in [4.78, 5) is 9.03. The number of hydrogen-bond donors (Lipinski definition) is 1. The Morgan fingerprint density at radius 2 is 1.68 bits per heavy atom. The number of fused-ring (bicyclic) bond motifs is 1. The Morgan fingerprint density at radius 1 is 0.912 bits per heavy atom. The van der Waals surface area contributed by atoms with E-state index >= 15 is 0 Å². The second kappa shape index (κ2) is 10.8. The number of nitrogens with one attached hydrogen (secondary N) is 1. The average molecular weight is 454 g/mol. The highest BCUT2D eigenvalue weighted by Crippen LogP contribution is 2.28. The van der Waals surface area contributed by atoms with Crippen LogP contribution in [0.4, 0.5) is 0 Å². The van der Waals surface area contributed by atoms with Gasteiger partial charge < -0.3 is 14.8 Å². The first kappa shape index (κ1) is 22.5. The summed E-state index contributed by atoms with van der Waals surface area (Å²) in [6.07, 6.45) is 5.71. The van der Waals surface area contributed by atoms with Crippen LogP contribution >= 0.6 is 0 Å². The number of hydrogen-bond acceptors (Lipinski definition) is 5. The van der Waals surface area contributed by atoms with E-state index in [1.165, 1.54) is 21.9 Å². The van der Waals surface area contributed by atoms with E-state index in [4.69, 9.17) is 9.47 Å². The lowest BCUT2D eigenvalue weighted by Gasteiger charge is -2.32. The molecule has 0 amide bonds. The van der Waals surface area contributed by atoms with E-state index in [9.17, 15) is 0 Å². The molecule has 174 valence electrons. The van der Waals surface area contributed by atoms with Crippen molar-refractivity contribution >= 4 is 10.8 Å². The molecule has 34 heavy (non-hydrogen) atoms. The maximum Gasteiger partial charge on any atom is 0.316 e. The zero-order chi connectivity index (χ0) is 23.2. The van der Waals surface area contributed by atoms with Crippen LogP contribution in [0.3, 0.4) is 0 Å². The zero-order valence-electron chi connectivity index (χ0n) is 19.6. The van der Waals surface area contributed by atoms with Crippen molar-refractivity contribution in [2.75, 3.05) is 13.1 Å². The third-order valence-corrected chi connectivity index (χ3v) is 6.45. The number of piperidine rings is 1. The van der Waals surface area contributed by atoms with Crippen LogP contribution in [0.2, 0.25) is 0 Å². The molecule has 1 aromatic heterocycles. The SMILES string of the molecule is CC(Cc1ccccc1)Oc1ncc(C2CCNCC2OCc2ccc3ccccc3c2)cn1. The van der Waals surface area contributed by atoms with Gasteiger partial charge in [-0.1, -0.05) is 66.7 Å². The smallest absolute Gasteiger partial charge is 0.316 e. The maximum absolute atomic E-state index is 6.40. The van der Waals surface area contributed by atoms with Gasteiger partial charge in [0.25, 0.3) is 0 Å². The summed E-state index contributed by atoms with van der Waals surface area (Å²) in [7, 11) is 0. The molecule has 0 spiro atoms. The molecule has 5 heteroatoms. The van der Waals surface area contributed by atoms with E-state index in [1.54, 1.807) is 0 Å². The van der Waals surface area contributed by atoms with Gasteiger partial charge >= 0.3 is 6.01 Å². The van der Waals surface area contributed by atoms with Crippen LogP contribution in [0.15, 0.2) is 85.2 Å². The van der Waals surface area contributed by atoms with Crippen molar-refractivity contribution in [1.82, 2.24) is 15.3 Å². The maximum atomic E-state index is 6.40. The van der Waals surface area contributed by atoms with Gasteiger partial charge in [-0.05, 0) is 53.4 Å². The Kier molecular flexibility index (Phi) is 7.13. The van der Waals surface area contributed by atoms with Crippen molar-refractivity contribution in [2.24, 2.45) is 0 Å². The fourth-order valence-electron chi connectivity index (χ4n) is 4.66. The van der Waals surface area contributed by atoms with E-state index < -0.39 is 0 Å². The second-order valence-corrected chi connectivity index (χ2v) is 9.05. The molecular weight excluding hydrogens is 422 g/mol. The first-order valence-electron chi connectivity index (χ1n) is 12.1. The first-order chi connectivity index (χ1) is 16.7. The highest BCUT2D eigenvalue weighted by molar-refractivity contribution is 5.82. The van der Waals surface area contributed by atoms with Crippen LogP contribution in [-0.4, -0.2) is 35.3 Å². The summed E-state index contributed by atoms with van der Waals surface area (Å²) in [5, 5.41) is 5.96. The minimum absolute atomic E-state index is 0.00478. The van der Waals surface area contributed by atoms with Gasteiger partial charge in [0.15, 0.2) is 0 Å². The van der Waals surface area contributed by atoms with E-state index in [2.05, 4.69) is 69.9 Å². The first-order valence-corrected chi connectivity index (χ1v) is 12.1. The van der Waals surface area contributed by atoms with Crippen LogP contribution in [0, 0.1) is 0 Å². The Hall–Kier alpha value is -3.28. The van der Waals surface area contributed by atoms with Crippen LogP contribution in [0.25, 0.3) is 10.8 Å². The quantitative estimate of drug-likeness (QED) is 0.392. The molecule has 2 heterocycles. The van der Waals surface area contributed by atoms with E-state index in [0.29, 0.717) is 12.6 Å². The van der Waals surface area contributed by atoms with Crippen molar-refractivity contribution in [3.05, 3.63) is 102 Å². The molecule has 1 saturated heterocycles.